The van der Waals surface area contributed by atoms with Gasteiger partial charge in [-0.3, -0.25) is 0 Å². The highest BCUT2D eigenvalue weighted by molar-refractivity contribution is 8.15. The highest BCUT2D eigenvalue weighted by Gasteiger charge is 2.18. The van der Waals surface area contributed by atoms with Gasteiger partial charge in [0.2, 0.25) is 0 Å². The Kier molecular flexibility index (Phi) is 3.06. The third kappa shape index (κ3) is 2.29. The van der Waals surface area contributed by atoms with Crippen LogP contribution in [0.15, 0.2) is 39.9 Å². The quantitative estimate of drug-likeness (QED) is 0.782. The number of hydrogen-bond donors (Lipinski definition) is 0. The molecular weight excluding hydrogens is 264 g/mol. The van der Waals surface area contributed by atoms with E-state index in [2.05, 4.69) is 0 Å². The standard InChI is InChI=1S/C11H9ClO2S2/c1-8-3-2-4-9(7-8)10-5-6-15-11(10)16(12,13)14/h2-7H,1H3. The highest BCUT2D eigenvalue weighted by atomic mass is 35.7. The first kappa shape index (κ1) is 11.6. The highest BCUT2D eigenvalue weighted by Crippen LogP contribution is 2.34. The van der Waals surface area contributed by atoms with Crippen molar-refractivity contribution in [2.45, 2.75) is 11.1 Å². The molecule has 16 heavy (non-hydrogen) atoms. The van der Waals surface area contributed by atoms with E-state index in [9.17, 15) is 8.42 Å². The average Bonchev–Trinajstić information content (AvgIpc) is 2.65. The minimum Gasteiger partial charge on any atom is -0.206 e. The minimum atomic E-state index is -3.66. The number of aryl methyl sites for hydroxylation is 1. The van der Waals surface area contributed by atoms with Gasteiger partial charge < -0.3 is 0 Å². The van der Waals surface area contributed by atoms with E-state index in [1.807, 2.05) is 31.2 Å². The second kappa shape index (κ2) is 4.20. The molecule has 0 spiro atoms. The van der Waals surface area contributed by atoms with Crippen molar-refractivity contribution in [3.05, 3.63) is 41.3 Å². The van der Waals surface area contributed by atoms with Crippen molar-refractivity contribution in [1.29, 1.82) is 0 Å². The third-order valence-corrected chi connectivity index (χ3v) is 5.23. The van der Waals surface area contributed by atoms with Crippen LogP contribution in [0.5, 0.6) is 0 Å². The maximum absolute atomic E-state index is 11.3. The predicted octanol–water partition coefficient (Wildman–Crippen LogP) is 3.65. The molecule has 0 amide bonds. The van der Waals surface area contributed by atoms with E-state index < -0.39 is 9.05 Å². The number of thiophene rings is 1. The summed E-state index contributed by atoms with van der Waals surface area (Å²) in [7, 11) is 1.72. The van der Waals surface area contributed by atoms with Crippen molar-refractivity contribution in [2.75, 3.05) is 0 Å². The SMILES string of the molecule is Cc1cccc(-c2ccsc2S(=O)(=O)Cl)c1. The Labute approximate surface area is 103 Å². The lowest BCUT2D eigenvalue weighted by Crippen LogP contribution is -1.89. The van der Waals surface area contributed by atoms with E-state index in [0.717, 1.165) is 22.5 Å². The fraction of sp³-hybridized carbons (Fsp3) is 0.0909. The van der Waals surface area contributed by atoms with Crippen LogP contribution < -0.4 is 0 Å². The summed E-state index contributed by atoms with van der Waals surface area (Å²) in [4.78, 5) is 0. The van der Waals surface area contributed by atoms with E-state index in [0.29, 0.717) is 5.56 Å². The van der Waals surface area contributed by atoms with Crippen LogP contribution in [0.2, 0.25) is 0 Å². The summed E-state index contributed by atoms with van der Waals surface area (Å²) in [5.41, 5.74) is 2.63. The average molecular weight is 273 g/mol. The van der Waals surface area contributed by atoms with Gasteiger partial charge in [-0.05, 0) is 23.9 Å². The summed E-state index contributed by atoms with van der Waals surface area (Å²) in [5.74, 6) is 0. The molecule has 0 aliphatic rings. The molecule has 0 N–H and O–H groups in total. The molecule has 1 heterocycles. The fourth-order valence-corrected chi connectivity index (χ4v) is 3.80. The summed E-state index contributed by atoms with van der Waals surface area (Å²) in [5, 5.41) is 1.73. The van der Waals surface area contributed by atoms with Crippen LogP contribution in [0.25, 0.3) is 11.1 Å². The molecule has 0 aliphatic carbocycles. The van der Waals surface area contributed by atoms with Crippen LogP contribution in [-0.2, 0) is 9.05 Å². The summed E-state index contributed by atoms with van der Waals surface area (Å²) in [6, 6.07) is 9.45. The molecule has 0 fully saturated rings. The summed E-state index contributed by atoms with van der Waals surface area (Å²) < 4.78 is 22.9. The Morgan fingerprint density at radius 2 is 2.00 bits per heavy atom. The molecule has 84 valence electrons. The van der Waals surface area contributed by atoms with Crippen LogP contribution in [0.4, 0.5) is 0 Å². The monoisotopic (exact) mass is 272 g/mol. The number of halogens is 1. The van der Waals surface area contributed by atoms with Crippen molar-refractivity contribution < 1.29 is 8.42 Å². The molecule has 0 bridgehead atoms. The summed E-state index contributed by atoms with van der Waals surface area (Å²) in [6.07, 6.45) is 0. The topological polar surface area (TPSA) is 34.1 Å². The first-order valence-corrected chi connectivity index (χ1v) is 7.76. The smallest absolute Gasteiger partial charge is 0.206 e. The Morgan fingerprint density at radius 3 is 2.62 bits per heavy atom. The second-order valence-electron chi connectivity index (χ2n) is 3.43. The van der Waals surface area contributed by atoms with E-state index >= 15 is 0 Å². The predicted molar refractivity (Wildman–Crippen MR) is 67.5 cm³/mol. The van der Waals surface area contributed by atoms with Crippen LogP contribution in [0.1, 0.15) is 5.56 Å². The molecule has 0 aliphatic heterocycles. The molecule has 2 nitrogen and oxygen atoms in total. The summed E-state index contributed by atoms with van der Waals surface area (Å²) >= 11 is 1.14. The van der Waals surface area contributed by atoms with Crippen LogP contribution >= 0.6 is 22.0 Å². The number of rotatable bonds is 2. The second-order valence-corrected chi connectivity index (χ2v) is 7.11. The minimum absolute atomic E-state index is 0.208. The number of benzene rings is 1. The zero-order chi connectivity index (χ0) is 11.8. The lowest BCUT2D eigenvalue weighted by Gasteiger charge is -2.02. The van der Waals surface area contributed by atoms with Gasteiger partial charge in [0, 0.05) is 16.2 Å². The van der Waals surface area contributed by atoms with Crippen LogP contribution in [0.3, 0.4) is 0 Å². The Balaban J connectivity index is 2.62. The van der Waals surface area contributed by atoms with E-state index in [1.54, 1.807) is 11.4 Å². The van der Waals surface area contributed by atoms with Crippen LogP contribution in [-0.4, -0.2) is 8.42 Å². The van der Waals surface area contributed by atoms with Gasteiger partial charge in [-0.25, -0.2) is 8.42 Å². The summed E-state index contributed by atoms with van der Waals surface area (Å²) in [6.45, 7) is 1.96. The molecule has 0 unspecified atom stereocenters. The zero-order valence-electron chi connectivity index (χ0n) is 8.48. The zero-order valence-corrected chi connectivity index (χ0v) is 10.9. The van der Waals surface area contributed by atoms with Crippen LogP contribution in [0, 0.1) is 6.92 Å². The van der Waals surface area contributed by atoms with Gasteiger partial charge in [0.1, 0.15) is 4.21 Å². The van der Waals surface area contributed by atoms with Gasteiger partial charge in [0.15, 0.2) is 0 Å². The van der Waals surface area contributed by atoms with E-state index in [-0.39, 0.29) is 4.21 Å². The van der Waals surface area contributed by atoms with Gasteiger partial charge in [-0.2, -0.15) is 0 Å². The normalized spacial score (nSPS) is 11.6. The van der Waals surface area contributed by atoms with Crippen molar-refractivity contribution >= 4 is 31.1 Å². The fourth-order valence-electron chi connectivity index (χ4n) is 1.51. The Morgan fingerprint density at radius 1 is 1.25 bits per heavy atom. The molecule has 0 atom stereocenters. The third-order valence-electron chi connectivity index (χ3n) is 2.18. The van der Waals surface area contributed by atoms with Gasteiger partial charge in [0.25, 0.3) is 9.05 Å². The van der Waals surface area contributed by atoms with Gasteiger partial charge in [-0.1, -0.05) is 29.8 Å². The lowest BCUT2D eigenvalue weighted by atomic mass is 10.1. The molecule has 5 heteroatoms. The van der Waals surface area contributed by atoms with Crippen molar-refractivity contribution in [1.82, 2.24) is 0 Å². The molecular formula is C11H9ClO2S2. The molecule has 2 aromatic rings. The maximum Gasteiger partial charge on any atom is 0.271 e. The maximum atomic E-state index is 11.3. The first-order valence-electron chi connectivity index (χ1n) is 4.57. The Bertz CT molecular complexity index is 614. The van der Waals surface area contributed by atoms with Gasteiger partial charge >= 0.3 is 0 Å². The largest absolute Gasteiger partial charge is 0.271 e. The molecule has 0 saturated heterocycles. The molecule has 2 rings (SSSR count). The first-order chi connectivity index (χ1) is 7.48. The van der Waals surface area contributed by atoms with Gasteiger partial charge in [0.05, 0.1) is 0 Å². The van der Waals surface area contributed by atoms with Crippen molar-refractivity contribution in [3.8, 4) is 11.1 Å². The molecule has 0 radical (unpaired) electrons. The van der Waals surface area contributed by atoms with Crippen molar-refractivity contribution in [3.63, 3.8) is 0 Å². The van der Waals surface area contributed by atoms with E-state index in [1.165, 1.54) is 0 Å². The molecule has 0 saturated carbocycles. The van der Waals surface area contributed by atoms with Gasteiger partial charge in [-0.15, -0.1) is 11.3 Å². The van der Waals surface area contributed by atoms with Crippen molar-refractivity contribution in [2.24, 2.45) is 0 Å². The lowest BCUT2D eigenvalue weighted by molar-refractivity contribution is 0.611. The Hall–Kier alpha value is -0.840. The van der Waals surface area contributed by atoms with E-state index in [4.69, 9.17) is 10.7 Å². The number of hydrogen-bond acceptors (Lipinski definition) is 3. The molecule has 1 aromatic heterocycles. The molecule has 1 aromatic carbocycles.